The minimum Gasteiger partial charge on any atom is -0.496 e. The number of hydrogen-bond donors (Lipinski definition) is 1. The van der Waals surface area contributed by atoms with Gasteiger partial charge in [0.25, 0.3) is 11.8 Å². The largest absolute Gasteiger partial charge is 0.496 e. The Labute approximate surface area is 167 Å². The zero-order chi connectivity index (χ0) is 21.1. The lowest BCUT2D eigenvalue weighted by Gasteiger charge is -2.36. The number of ether oxygens (including phenoxy) is 1. The summed E-state index contributed by atoms with van der Waals surface area (Å²) in [6.45, 7) is 11.5. The lowest BCUT2D eigenvalue weighted by molar-refractivity contribution is 0.0357. The molecule has 2 aromatic rings. The molecule has 0 aromatic heterocycles. The van der Waals surface area contributed by atoms with Crippen molar-refractivity contribution in [2.24, 2.45) is 0 Å². The summed E-state index contributed by atoms with van der Waals surface area (Å²) in [5.74, 6) is 0.102. The molecule has 0 fully saturated rings. The van der Waals surface area contributed by atoms with Gasteiger partial charge >= 0.3 is 0 Å². The summed E-state index contributed by atoms with van der Waals surface area (Å²) >= 11 is 0. The highest BCUT2D eigenvalue weighted by Crippen LogP contribution is 2.24. The molecule has 5 nitrogen and oxygen atoms in total. The molecular formula is C23H30N2O3. The van der Waals surface area contributed by atoms with Gasteiger partial charge in [0.1, 0.15) is 5.75 Å². The highest BCUT2D eigenvalue weighted by atomic mass is 16.5. The van der Waals surface area contributed by atoms with E-state index in [2.05, 4.69) is 5.43 Å². The molecule has 0 heterocycles. The Morgan fingerprint density at radius 2 is 1.64 bits per heavy atom. The summed E-state index contributed by atoms with van der Waals surface area (Å²) in [6.07, 6.45) is 0.646. The molecule has 2 rings (SSSR count). The molecule has 0 saturated carbocycles. The molecule has 0 aliphatic carbocycles. The number of methoxy groups -OCH3 is 1. The average molecular weight is 383 g/mol. The summed E-state index contributed by atoms with van der Waals surface area (Å²) < 4.78 is 5.38. The van der Waals surface area contributed by atoms with Crippen LogP contribution in [-0.2, 0) is 6.42 Å². The van der Waals surface area contributed by atoms with Crippen molar-refractivity contribution < 1.29 is 14.3 Å². The monoisotopic (exact) mass is 382 g/mol. The van der Waals surface area contributed by atoms with Crippen molar-refractivity contribution >= 4 is 11.8 Å². The third kappa shape index (κ3) is 4.35. The van der Waals surface area contributed by atoms with E-state index in [0.717, 1.165) is 16.7 Å². The van der Waals surface area contributed by atoms with E-state index >= 15 is 0 Å². The fraction of sp³-hybridized carbons (Fsp3) is 0.391. The quantitative estimate of drug-likeness (QED) is 0.794. The molecule has 2 amide bonds. The number of aryl methyl sites for hydroxylation is 1. The van der Waals surface area contributed by atoms with Crippen LogP contribution in [0.4, 0.5) is 0 Å². The van der Waals surface area contributed by atoms with Crippen molar-refractivity contribution in [2.75, 3.05) is 7.11 Å². The standard InChI is InChI=1S/C23H30N2O3/c1-8-17-19(13-10-14-20(17)28-7)21(26)24-25(23(4,5)6)22(27)18-12-9-11-15(2)16(18)3/h9-14H,8H2,1-7H3,(H,24,26). The molecule has 1 N–H and O–H groups in total. The van der Waals surface area contributed by atoms with Crippen LogP contribution in [0, 0.1) is 13.8 Å². The van der Waals surface area contributed by atoms with Gasteiger partial charge in [-0.2, -0.15) is 0 Å². The summed E-state index contributed by atoms with van der Waals surface area (Å²) in [5.41, 5.74) is 6.07. The Balaban J connectivity index is 2.43. The van der Waals surface area contributed by atoms with Gasteiger partial charge in [0, 0.05) is 16.7 Å². The summed E-state index contributed by atoms with van der Waals surface area (Å²) in [7, 11) is 1.58. The van der Waals surface area contributed by atoms with E-state index in [4.69, 9.17) is 4.74 Å². The van der Waals surface area contributed by atoms with Crippen molar-refractivity contribution in [3.8, 4) is 5.75 Å². The Morgan fingerprint density at radius 3 is 2.21 bits per heavy atom. The molecule has 28 heavy (non-hydrogen) atoms. The molecule has 0 saturated heterocycles. The van der Waals surface area contributed by atoms with Crippen LogP contribution in [0.2, 0.25) is 0 Å². The van der Waals surface area contributed by atoms with Gasteiger partial charge in [-0.05, 0) is 70.4 Å². The molecule has 0 radical (unpaired) electrons. The third-order valence-corrected chi connectivity index (χ3v) is 4.87. The number of amides is 2. The maximum absolute atomic E-state index is 13.3. The van der Waals surface area contributed by atoms with Gasteiger partial charge < -0.3 is 4.74 Å². The second kappa shape index (κ2) is 8.46. The number of benzene rings is 2. The number of hydrogen-bond acceptors (Lipinski definition) is 3. The van der Waals surface area contributed by atoms with Crippen LogP contribution in [-0.4, -0.2) is 29.5 Å². The highest BCUT2D eigenvalue weighted by Gasteiger charge is 2.31. The van der Waals surface area contributed by atoms with Gasteiger partial charge in [0.15, 0.2) is 0 Å². The predicted octanol–water partition coefficient (Wildman–Crippen LogP) is 4.46. The van der Waals surface area contributed by atoms with Gasteiger partial charge in [-0.1, -0.05) is 25.1 Å². The first-order valence-corrected chi connectivity index (χ1v) is 9.49. The number of carbonyl (C=O) groups excluding carboxylic acids is 2. The Bertz CT molecular complexity index is 882. The number of nitrogens with one attached hydrogen (secondary N) is 1. The van der Waals surface area contributed by atoms with Gasteiger partial charge in [0.2, 0.25) is 0 Å². The van der Waals surface area contributed by atoms with Gasteiger partial charge in [-0.15, -0.1) is 0 Å². The van der Waals surface area contributed by atoms with Crippen molar-refractivity contribution in [1.29, 1.82) is 0 Å². The molecule has 0 atom stereocenters. The first-order valence-electron chi connectivity index (χ1n) is 9.49. The lowest BCUT2D eigenvalue weighted by Crippen LogP contribution is -2.56. The Morgan fingerprint density at radius 1 is 1.04 bits per heavy atom. The molecule has 5 heteroatoms. The van der Waals surface area contributed by atoms with Crippen LogP contribution in [0.25, 0.3) is 0 Å². The summed E-state index contributed by atoms with van der Waals surface area (Å²) in [5, 5.41) is 1.41. The van der Waals surface area contributed by atoms with E-state index in [0.29, 0.717) is 23.3 Å². The van der Waals surface area contributed by atoms with E-state index in [9.17, 15) is 9.59 Å². The number of carbonyl (C=O) groups is 2. The van der Waals surface area contributed by atoms with E-state index in [1.54, 1.807) is 25.3 Å². The van der Waals surface area contributed by atoms with E-state index < -0.39 is 5.54 Å². The Hall–Kier alpha value is -2.82. The van der Waals surface area contributed by atoms with Crippen molar-refractivity contribution in [3.63, 3.8) is 0 Å². The van der Waals surface area contributed by atoms with Crippen LogP contribution in [0.1, 0.15) is 65.1 Å². The van der Waals surface area contributed by atoms with Crippen molar-refractivity contribution in [2.45, 2.75) is 53.5 Å². The lowest BCUT2D eigenvalue weighted by atomic mass is 10.00. The molecule has 0 spiro atoms. The van der Waals surface area contributed by atoms with Crippen LogP contribution in [0.15, 0.2) is 36.4 Å². The third-order valence-electron chi connectivity index (χ3n) is 4.87. The fourth-order valence-corrected chi connectivity index (χ4v) is 3.12. The smallest absolute Gasteiger partial charge is 0.273 e. The number of hydrazine groups is 1. The molecule has 0 unspecified atom stereocenters. The SMILES string of the molecule is CCc1c(OC)cccc1C(=O)NN(C(=O)c1cccc(C)c1C)C(C)(C)C. The summed E-state index contributed by atoms with van der Waals surface area (Å²) in [4.78, 5) is 26.4. The molecule has 0 aliphatic rings. The second-order valence-electron chi connectivity index (χ2n) is 7.84. The second-order valence-corrected chi connectivity index (χ2v) is 7.84. The van der Waals surface area contributed by atoms with E-state index in [1.807, 2.05) is 59.7 Å². The number of nitrogens with zero attached hydrogens (tertiary/aromatic N) is 1. The molecular weight excluding hydrogens is 352 g/mol. The topological polar surface area (TPSA) is 58.6 Å². The zero-order valence-electron chi connectivity index (χ0n) is 17.8. The first kappa shape index (κ1) is 21.5. The normalized spacial score (nSPS) is 11.1. The zero-order valence-corrected chi connectivity index (χ0v) is 17.8. The molecule has 150 valence electrons. The average Bonchev–Trinajstić information content (AvgIpc) is 2.65. The highest BCUT2D eigenvalue weighted by molar-refractivity contribution is 6.01. The van der Waals surface area contributed by atoms with E-state index in [-0.39, 0.29) is 11.8 Å². The van der Waals surface area contributed by atoms with E-state index in [1.165, 1.54) is 5.01 Å². The minimum atomic E-state index is -0.603. The van der Waals surface area contributed by atoms with Crippen LogP contribution < -0.4 is 10.2 Å². The number of rotatable bonds is 4. The van der Waals surface area contributed by atoms with Crippen LogP contribution in [0.3, 0.4) is 0 Å². The predicted molar refractivity (Wildman–Crippen MR) is 112 cm³/mol. The fourth-order valence-electron chi connectivity index (χ4n) is 3.12. The molecule has 0 aliphatic heterocycles. The minimum absolute atomic E-state index is 0.233. The summed E-state index contributed by atoms with van der Waals surface area (Å²) in [6, 6.07) is 11.0. The molecule has 2 aromatic carbocycles. The van der Waals surface area contributed by atoms with Crippen molar-refractivity contribution in [1.82, 2.24) is 10.4 Å². The van der Waals surface area contributed by atoms with Crippen LogP contribution in [0.5, 0.6) is 5.75 Å². The van der Waals surface area contributed by atoms with Gasteiger partial charge in [-0.3, -0.25) is 15.0 Å². The van der Waals surface area contributed by atoms with Gasteiger partial charge in [-0.25, -0.2) is 5.01 Å². The maximum Gasteiger partial charge on any atom is 0.273 e. The van der Waals surface area contributed by atoms with Gasteiger partial charge in [0.05, 0.1) is 12.6 Å². The Kier molecular flexibility index (Phi) is 6.49. The van der Waals surface area contributed by atoms with Crippen molar-refractivity contribution in [3.05, 3.63) is 64.2 Å². The first-order chi connectivity index (χ1) is 13.1. The molecule has 0 bridgehead atoms. The maximum atomic E-state index is 13.3. The van der Waals surface area contributed by atoms with Crippen LogP contribution >= 0.6 is 0 Å².